The Hall–Kier alpha value is -3.73. The van der Waals surface area contributed by atoms with E-state index in [-0.39, 0.29) is 12.0 Å². The minimum atomic E-state index is -5.08. The van der Waals surface area contributed by atoms with E-state index in [0.717, 1.165) is 31.1 Å². The summed E-state index contributed by atoms with van der Waals surface area (Å²) in [6, 6.07) is 5.42. The van der Waals surface area contributed by atoms with Crippen molar-refractivity contribution in [3.63, 3.8) is 0 Å². The zero-order valence-corrected chi connectivity index (χ0v) is 20.2. The lowest BCUT2D eigenvalue weighted by atomic mass is 9.93. The Balaban J connectivity index is 0.000000317. The number of carboxylic acids is 2. The Labute approximate surface area is 216 Å². The molecule has 1 amide bonds. The second-order valence-corrected chi connectivity index (χ2v) is 8.47. The van der Waals surface area contributed by atoms with E-state index in [1.807, 2.05) is 13.0 Å². The fourth-order valence-corrected chi connectivity index (χ4v) is 3.77. The van der Waals surface area contributed by atoms with Gasteiger partial charge in [-0.25, -0.2) is 9.59 Å². The second kappa shape index (κ2) is 13.4. The van der Waals surface area contributed by atoms with Gasteiger partial charge in [0.25, 0.3) is 5.91 Å². The Morgan fingerprint density at radius 3 is 2.10 bits per heavy atom. The Morgan fingerprint density at radius 2 is 1.62 bits per heavy atom. The number of nitrogens with zero attached hydrogens (tertiary/aromatic N) is 3. The molecule has 0 aliphatic carbocycles. The van der Waals surface area contributed by atoms with E-state index < -0.39 is 24.3 Å². The lowest BCUT2D eigenvalue weighted by Crippen LogP contribution is -2.34. The molecule has 0 saturated carbocycles. The lowest BCUT2D eigenvalue weighted by Gasteiger charge is -2.19. The molecular weight excluding hydrogens is 546 g/mol. The highest BCUT2D eigenvalue weighted by molar-refractivity contribution is 5.93. The molecule has 3 atom stereocenters. The van der Waals surface area contributed by atoms with Crippen molar-refractivity contribution in [1.82, 2.24) is 20.4 Å². The molecule has 4 rings (SSSR count). The lowest BCUT2D eigenvalue weighted by molar-refractivity contribution is -0.193. The number of aliphatic carboxylic acids is 2. The third-order valence-corrected chi connectivity index (χ3v) is 5.53. The van der Waals surface area contributed by atoms with Crippen molar-refractivity contribution in [1.29, 1.82) is 0 Å². The van der Waals surface area contributed by atoms with E-state index in [4.69, 9.17) is 29.1 Å². The summed E-state index contributed by atoms with van der Waals surface area (Å²) in [6.45, 7) is 5.91. The summed E-state index contributed by atoms with van der Waals surface area (Å²) in [7, 11) is 0. The number of nitrogens with one attached hydrogen (secondary N) is 1. The number of carbonyl (C=O) groups is 3. The molecule has 0 unspecified atom stereocenters. The molecule has 0 radical (unpaired) electrons. The molecular formula is C22H24F6N4O7. The third kappa shape index (κ3) is 10.2. The number of aromatic nitrogens is 2. The van der Waals surface area contributed by atoms with Crippen LogP contribution in [0.2, 0.25) is 0 Å². The number of halogens is 6. The van der Waals surface area contributed by atoms with E-state index in [1.165, 1.54) is 0 Å². The molecule has 2 aromatic rings. The standard InChI is InChI=1S/C18H22N4O3.2C2HF3O2/c1-12-6-15(21-25-12)8-22-9-16-14(11-24-17(16)10-22)7-20-18(23)13-2-4-19-5-3-13;2*3-2(4,5)1(6)7/h2-6,14,16-17H,7-11H2,1H3,(H,20,23);2*(H,6,7)/t14-,16+,17+;;/m0../s1. The summed E-state index contributed by atoms with van der Waals surface area (Å²) in [6.07, 6.45) is -6.66. The van der Waals surface area contributed by atoms with Crippen LogP contribution in [0.1, 0.15) is 21.8 Å². The van der Waals surface area contributed by atoms with Crippen molar-refractivity contribution in [2.75, 3.05) is 26.2 Å². The molecule has 0 aromatic carbocycles. The summed E-state index contributed by atoms with van der Waals surface area (Å²) in [5, 5.41) is 21.3. The van der Waals surface area contributed by atoms with Crippen LogP contribution in [-0.2, 0) is 20.9 Å². The zero-order chi connectivity index (χ0) is 29.4. The number of fused-ring (bicyclic) bond motifs is 1. The van der Waals surface area contributed by atoms with Crippen molar-refractivity contribution in [2.24, 2.45) is 11.8 Å². The predicted molar refractivity (Wildman–Crippen MR) is 117 cm³/mol. The number of rotatable bonds is 5. The topological polar surface area (TPSA) is 155 Å². The molecule has 4 heterocycles. The summed E-state index contributed by atoms with van der Waals surface area (Å²) in [5.41, 5.74) is 1.60. The zero-order valence-electron chi connectivity index (χ0n) is 20.2. The van der Waals surface area contributed by atoms with Crippen molar-refractivity contribution in [2.45, 2.75) is 31.9 Å². The number of alkyl halides is 6. The number of hydrogen-bond acceptors (Lipinski definition) is 8. The largest absolute Gasteiger partial charge is 0.490 e. The van der Waals surface area contributed by atoms with Crippen LogP contribution in [0.25, 0.3) is 0 Å². The Bertz CT molecular complexity index is 1090. The van der Waals surface area contributed by atoms with Gasteiger partial charge >= 0.3 is 24.3 Å². The number of amides is 1. The van der Waals surface area contributed by atoms with Crippen LogP contribution in [0, 0.1) is 18.8 Å². The first-order valence-corrected chi connectivity index (χ1v) is 11.1. The van der Waals surface area contributed by atoms with Crippen LogP contribution in [0.3, 0.4) is 0 Å². The highest BCUT2D eigenvalue weighted by Crippen LogP contribution is 2.34. The average Bonchev–Trinajstić information content (AvgIpc) is 3.54. The molecule has 2 fully saturated rings. The van der Waals surface area contributed by atoms with E-state index >= 15 is 0 Å². The molecule has 0 spiro atoms. The summed E-state index contributed by atoms with van der Waals surface area (Å²) >= 11 is 0. The van der Waals surface area contributed by atoms with Gasteiger partial charge in [-0.15, -0.1) is 0 Å². The fourth-order valence-electron chi connectivity index (χ4n) is 3.77. The van der Waals surface area contributed by atoms with Crippen LogP contribution < -0.4 is 5.32 Å². The Morgan fingerprint density at radius 1 is 1.05 bits per heavy atom. The van der Waals surface area contributed by atoms with Gasteiger partial charge in [-0.3, -0.25) is 14.7 Å². The molecule has 0 bridgehead atoms. The maximum Gasteiger partial charge on any atom is 0.490 e. The van der Waals surface area contributed by atoms with Crippen LogP contribution in [0.5, 0.6) is 0 Å². The van der Waals surface area contributed by atoms with Gasteiger partial charge in [0.2, 0.25) is 0 Å². The van der Waals surface area contributed by atoms with Crippen molar-refractivity contribution >= 4 is 17.8 Å². The van der Waals surface area contributed by atoms with E-state index in [9.17, 15) is 31.1 Å². The van der Waals surface area contributed by atoms with E-state index in [2.05, 4.69) is 20.4 Å². The average molecular weight is 570 g/mol. The van der Waals surface area contributed by atoms with Gasteiger partial charge in [-0.2, -0.15) is 26.3 Å². The van der Waals surface area contributed by atoms with Crippen LogP contribution in [-0.4, -0.2) is 87.8 Å². The monoisotopic (exact) mass is 570 g/mol. The second-order valence-electron chi connectivity index (χ2n) is 8.47. The molecule has 3 N–H and O–H groups in total. The quantitative estimate of drug-likeness (QED) is 0.457. The summed E-state index contributed by atoms with van der Waals surface area (Å²) in [5.74, 6) is -3.94. The van der Waals surface area contributed by atoms with Crippen molar-refractivity contribution in [3.8, 4) is 0 Å². The molecule has 2 saturated heterocycles. The molecule has 2 aliphatic heterocycles. The van der Waals surface area contributed by atoms with Crippen LogP contribution in [0.4, 0.5) is 26.3 Å². The van der Waals surface area contributed by atoms with Crippen molar-refractivity contribution in [3.05, 3.63) is 47.6 Å². The maximum atomic E-state index is 12.2. The maximum absolute atomic E-state index is 12.2. The van der Waals surface area contributed by atoms with Crippen molar-refractivity contribution < 1.29 is 60.2 Å². The molecule has 11 nitrogen and oxygen atoms in total. The number of likely N-dealkylation sites (tertiary alicyclic amines) is 1. The highest BCUT2D eigenvalue weighted by atomic mass is 19.4. The number of pyridine rings is 1. The number of ether oxygens (including phenoxy) is 1. The summed E-state index contributed by atoms with van der Waals surface area (Å²) < 4.78 is 74.6. The number of carboxylic acid groups (broad SMARTS) is 2. The first-order valence-electron chi connectivity index (χ1n) is 11.1. The third-order valence-electron chi connectivity index (χ3n) is 5.53. The van der Waals surface area contributed by atoms with E-state index in [1.54, 1.807) is 24.5 Å². The molecule has 2 aliphatic rings. The van der Waals surface area contributed by atoms with Gasteiger partial charge in [-0.1, -0.05) is 5.16 Å². The van der Waals surface area contributed by atoms with Gasteiger partial charge in [0.15, 0.2) is 0 Å². The van der Waals surface area contributed by atoms with Crippen LogP contribution in [0.15, 0.2) is 35.1 Å². The van der Waals surface area contributed by atoms with E-state index in [0.29, 0.717) is 30.6 Å². The highest BCUT2D eigenvalue weighted by Gasteiger charge is 2.44. The Kier molecular flexibility index (Phi) is 10.8. The van der Waals surface area contributed by atoms with Gasteiger partial charge in [0.1, 0.15) is 5.76 Å². The van der Waals surface area contributed by atoms with Gasteiger partial charge in [0.05, 0.1) is 18.4 Å². The van der Waals surface area contributed by atoms with Gasteiger partial charge in [-0.05, 0) is 19.1 Å². The minimum Gasteiger partial charge on any atom is -0.475 e. The number of aryl methyl sites for hydroxylation is 1. The number of hydrogen-bond donors (Lipinski definition) is 3. The molecule has 2 aromatic heterocycles. The minimum absolute atomic E-state index is 0.0567. The first-order chi connectivity index (χ1) is 18.1. The molecule has 17 heteroatoms. The predicted octanol–water partition coefficient (Wildman–Crippen LogP) is 2.52. The number of carbonyl (C=O) groups excluding carboxylic acids is 1. The first kappa shape index (κ1) is 31.5. The smallest absolute Gasteiger partial charge is 0.475 e. The normalized spacial score (nSPS) is 20.6. The van der Waals surface area contributed by atoms with Crippen LogP contribution >= 0.6 is 0 Å². The van der Waals surface area contributed by atoms with Gasteiger partial charge < -0.3 is 24.8 Å². The summed E-state index contributed by atoms with van der Waals surface area (Å²) in [4.78, 5) is 36.3. The SMILES string of the molecule is Cc1cc(CN2C[C@@H]3[C@@H](CNC(=O)c4ccncc4)CO[C@@H]3C2)no1.O=C(O)C(F)(F)F.O=C(O)C(F)(F)F. The fraction of sp³-hybridized carbons (Fsp3) is 0.500. The van der Waals surface area contributed by atoms with Gasteiger partial charge in [0, 0.05) is 62.0 Å². The molecule has 39 heavy (non-hydrogen) atoms. The molecule has 216 valence electrons.